The van der Waals surface area contributed by atoms with Crippen molar-refractivity contribution in [3.05, 3.63) is 0 Å². The van der Waals surface area contributed by atoms with E-state index in [9.17, 15) is 14.4 Å². The fourth-order valence-electron chi connectivity index (χ4n) is 8.36. The molecule has 6 heteroatoms. The van der Waals surface area contributed by atoms with Crippen LogP contribution < -0.4 is 0 Å². The van der Waals surface area contributed by atoms with Crippen molar-refractivity contribution in [3.8, 4) is 0 Å². The maximum absolute atomic E-state index is 12.8. The van der Waals surface area contributed by atoms with Crippen LogP contribution in [-0.2, 0) is 28.6 Å². The van der Waals surface area contributed by atoms with Crippen LogP contribution in [0.5, 0.6) is 0 Å². The third-order valence-corrected chi connectivity index (χ3v) is 12.9. The van der Waals surface area contributed by atoms with E-state index in [1.165, 1.54) is 205 Å². The molecule has 0 aliphatic heterocycles. The van der Waals surface area contributed by atoms with Crippen LogP contribution >= 0.6 is 0 Å². The number of esters is 3. The van der Waals surface area contributed by atoms with Gasteiger partial charge in [0.1, 0.15) is 13.2 Å². The third kappa shape index (κ3) is 47.7. The second kappa shape index (κ2) is 49.4. The molecule has 0 aromatic rings. The topological polar surface area (TPSA) is 78.9 Å². The van der Waals surface area contributed by atoms with Crippen molar-refractivity contribution in [1.29, 1.82) is 0 Å². The zero-order valence-corrected chi connectivity index (χ0v) is 41.6. The van der Waals surface area contributed by atoms with Crippen LogP contribution in [-0.4, -0.2) is 37.2 Å². The van der Waals surface area contributed by atoms with E-state index in [1.807, 2.05) is 0 Å². The Morgan fingerprint density at radius 2 is 0.574 bits per heavy atom. The molecule has 2 atom stereocenters. The van der Waals surface area contributed by atoms with Gasteiger partial charge in [-0.15, -0.1) is 0 Å². The molecule has 0 aliphatic rings. The Bertz CT molecular complexity index is 920. The first-order valence-corrected chi connectivity index (χ1v) is 27.4. The highest BCUT2D eigenvalue weighted by molar-refractivity contribution is 5.71. The lowest BCUT2D eigenvalue weighted by Gasteiger charge is -2.18. The van der Waals surface area contributed by atoms with Crippen molar-refractivity contribution >= 4 is 17.9 Å². The highest BCUT2D eigenvalue weighted by Crippen LogP contribution is 2.18. The summed E-state index contributed by atoms with van der Waals surface area (Å²) in [6.45, 7) is 9.04. The van der Waals surface area contributed by atoms with Gasteiger partial charge in [0, 0.05) is 19.3 Å². The highest BCUT2D eigenvalue weighted by Gasteiger charge is 2.19. The second-order valence-electron chi connectivity index (χ2n) is 19.1. The van der Waals surface area contributed by atoms with Crippen LogP contribution in [0.15, 0.2) is 0 Å². The summed E-state index contributed by atoms with van der Waals surface area (Å²) in [5, 5.41) is 0. The van der Waals surface area contributed by atoms with Crippen LogP contribution in [0.1, 0.15) is 310 Å². The van der Waals surface area contributed by atoms with Gasteiger partial charge in [-0.25, -0.2) is 0 Å². The van der Waals surface area contributed by atoms with Gasteiger partial charge >= 0.3 is 17.9 Å². The molecule has 6 nitrogen and oxygen atoms in total. The van der Waals surface area contributed by atoms with E-state index < -0.39 is 6.10 Å². The lowest BCUT2D eigenvalue weighted by Crippen LogP contribution is -2.30. The third-order valence-electron chi connectivity index (χ3n) is 12.9. The summed E-state index contributed by atoms with van der Waals surface area (Å²) < 4.78 is 16.8. The fraction of sp³-hybridized carbons (Fsp3) is 0.945. The summed E-state index contributed by atoms with van der Waals surface area (Å²) >= 11 is 0. The molecule has 0 N–H and O–H groups in total. The predicted octanol–water partition coefficient (Wildman–Crippen LogP) is 17.8. The summed E-state index contributed by atoms with van der Waals surface area (Å²) in [6, 6.07) is 0. The molecule has 61 heavy (non-hydrogen) atoms. The maximum atomic E-state index is 12.8. The second-order valence-corrected chi connectivity index (χ2v) is 19.1. The quantitative estimate of drug-likeness (QED) is 0.0344. The first-order chi connectivity index (χ1) is 29.9. The minimum Gasteiger partial charge on any atom is -0.462 e. The molecule has 0 saturated heterocycles. The van der Waals surface area contributed by atoms with Gasteiger partial charge in [-0.05, 0) is 25.2 Å². The van der Waals surface area contributed by atoms with Gasteiger partial charge in [0.25, 0.3) is 0 Å². The zero-order chi connectivity index (χ0) is 44.5. The Balaban J connectivity index is 4.29. The Morgan fingerprint density at radius 1 is 0.328 bits per heavy atom. The number of carbonyl (C=O) groups excluding carboxylic acids is 3. The van der Waals surface area contributed by atoms with Crippen molar-refractivity contribution in [3.63, 3.8) is 0 Å². The van der Waals surface area contributed by atoms with E-state index in [1.54, 1.807) is 0 Å². The number of hydrogen-bond donors (Lipinski definition) is 0. The van der Waals surface area contributed by atoms with Crippen molar-refractivity contribution in [1.82, 2.24) is 0 Å². The molecule has 0 radical (unpaired) electrons. The molecule has 0 fully saturated rings. The van der Waals surface area contributed by atoms with E-state index in [-0.39, 0.29) is 31.1 Å². The molecule has 1 unspecified atom stereocenters. The van der Waals surface area contributed by atoms with Crippen molar-refractivity contribution in [2.45, 2.75) is 316 Å². The minimum atomic E-state index is -0.761. The monoisotopic (exact) mass is 863 g/mol. The Hall–Kier alpha value is -1.59. The summed E-state index contributed by atoms with van der Waals surface area (Å²) in [6.07, 6.45) is 52.3. The predicted molar refractivity (Wildman–Crippen MR) is 261 cm³/mol. The molecule has 0 rings (SSSR count). The van der Waals surface area contributed by atoms with E-state index >= 15 is 0 Å². The van der Waals surface area contributed by atoms with Gasteiger partial charge in [0.2, 0.25) is 0 Å². The Morgan fingerprint density at radius 3 is 0.852 bits per heavy atom. The summed E-state index contributed by atoms with van der Waals surface area (Å²) in [5.74, 6) is 0.00604. The van der Waals surface area contributed by atoms with Crippen LogP contribution in [0.4, 0.5) is 0 Å². The number of hydrogen-bond acceptors (Lipinski definition) is 6. The summed E-state index contributed by atoms with van der Waals surface area (Å²) in [7, 11) is 0. The fourth-order valence-corrected chi connectivity index (χ4v) is 8.36. The molecule has 0 bridgehead atoms. The SMILES string of the molecule is CCCCCCCCCCCCCCCCCCCCC(=O)O[C@H](COC(=O)CCCCCCCCCCCCCCC)COC(=O)CCCCCCCCCCC(C)CC. The van der Waals surface area contributed by atoms with E-state index in [0.717, 1.165) is 63.7 Å². The molecule has 0 saturated carbocycles. The number of ether oxygens (including phenoxy) is 3. The van der Waals surface area contributed by atoms with Gasteiger partial charge in [-0.2, -0.15) is 0 Å². The Labute approximate surface area is 380 Å². The molecular weight excluding hydrogens is 757 g/mol. The van der Waals surface area contributed by atoms with E-state index in [4.69, 9.17) is 14.2 Å². The lowest BCUT2D eigenvalue weighted by atomic mass is 9.99. The van der Waals surface area contributed by atoms with Crippen LogP contribution in [0.25, 0.3) is 0 Å². The number of carbonyl (C=O) groups is 3. The molecule has 0 amide bonds. The highest BCUT2D eigenvalue weighted by atomic mass is 16.6. The van der Waals surface area contributed by atoms with Gasteiger partial charge in [-0.1, -0.05) is 272 Å². The lowest BCUT2D eigenvalue weighted by molar-refractivity contribution is -0.167. The normalized spacial score (nSPS) is 12.4. The van der Waals surface area contributed by atoms with E-state index in [0.29, 0.717) is 19.3 Å². The zero-order valence-electron chi connectivity index (χ0n) is 41.6. The van der Waals surface area contributed by atoms with Gasteiger partial charge in [-0.3, -0.25) is 14.4 Å². The first-order valence-electron chi connectivity index (χ1n) is 27.4. The smallest absolute Gasteiger partial charge is 0.306 e. The molecule has 0 aromatic heterocycles. The van der Waals surface area contributed by atoms with Crippen molar-refractivity contribution < 1.29 is 28.6 Å². The molecule has 362 valence electrons. The van der Waals surface area contributed by atoms with Crippen molar-refractivity contribution in [2.24, 2.45) is 5.92 Å². The first kappa shape index (κ1) is 59.4. The van der Waals surface area contributed by atoms with Gasteiger partial charge < -0.3 is 14.2 Å². The average molecular weight is 863 g/mol. The van der Waals surface area contributed by atoms with Gasteiger partial charge in [0.05, 0.1) is 0 Å². The van der Waals surface area contributed by atoms with Crippen LogP contribution in [0.2, 0.25) is 0 Å². The number of unbranched alkanes of at least 4 members (excludes halogenated alkanes) is 36. The standard InChI is InChI=1S/C55H106O6/c1-5-8-10-12-14-16-18-20-21-22-23-24-26-28-30-36-40-44-48-55(58)61-52(50-60-54(57)47-43-39-35-32-31-33-37-41-45-51(4)7-3)49-59-53(56)46-42-38-34-29-27-25-19-17-15-13-11-9-6-2/h51-52H,5-50H2,1-4H3/t51?,52-/m1/s1. The molecular formula is C55H106O6. The molecule has 0 spiro atoms. The number of rotatable bonds is 50. The summed E-state index contributed by atoms with van der Waals surface area (Å²) in [4.78, 5) is 38.0. The molecule has 0 aliphatic carbocycles. The largest absolute Gasteiger partial charge is 0.462 e. The Kier molecular flexibility index (Phi) is 48.1. The average Bonchev–Trinajstić information content (AvgIpc) is 3.26. The minimum absolute atomic E-state index is 0.0627. The van der Waals surface area contributed by atoms with Crippen LogP contribution in [0, 0.1) is 5.92 Å². The maximum Gasteiger partial charge on any atom is 0.306 e. The van der Waals surface area contributed by atoms with Gasteiger partial charge in [0.15, 0.2) is 6.10 Å². The summed E-state index contributed by atoms with van der Waals surface area (Å²) in [5.41, 5.74) is 0. The van der Waals surface area contributed by atoms with Crippen molar-refractivity contribution in [2.75, 3.05) is 13.2 Å². The van der Waals surface area contributed by atoms with Crippen LogP contribution in [0.3, 0.4) is 0 Å². The molecule has 0 heterocycles. The molecule has 0 aromatic carbocycles. The van der Waals surface area contributed by atoms with E-state index in [2.05, 4.69) is 27.7 Å².